The fourth-order valence-corrected chi connectivity index (χ4v) is 7.91. The van der Waals surface area contributed by atoms with E-state index in [1.54, 1.807) is 73.3 Å². The van der Waals surface area contributed by atoms with E-state index in [4.69, 9.17) is 4.74 Å². The van der Waals surface area contributed by atoms with Crippen molar-refractivity contribution >= 4 is 43.3 Å². The maximum absolute atomic E-state index is 14.1. The van der Waals surface area contributed by atoms with Crippen molar-refractivity contribution in [2.75, 3.05) is 35.7 Å². The van der Waals surface area contributed by atoms with Crippen molar-refractivity contribution < 1.29 is 36.3 Å². The molecule has 0 saturated heterocycles. The molecule has 4 rings (SSSR count). The SMILES string of the molecule is COc1cccc(C(C(=O)NS(C)(=O)=O)N2CCc3c2cccc3N(CC(=O)O)S(=O)(=O)c2c(C)cc(C)cc2C)c1. The van der Waals surface area contributed by atoms with Crippen LogP contribution < -0.4 is 18.7 Å². The Bertz CT molecular complexity index is 1750. The third kappa shape index (κ3) is 6.21. The van der Waals surface area contributed by atoms with Crippen LogP contribution in [0.5, 0.6) is 5.75 Å². The summed E-state index contributed by atoms with van der Waals surface area (Å²) >= 11 is 0. The van der Waals surface area contributed by atoms with Gasteiger partial charge in [0, 0.05) is 17.8 Å². The minimum absolute atomic E-state index is 0.0311. The number of fused-ring (bicyclic) bond motifs is 1. The van der Waals surface area contributed by atoms with Crippen molar-refractivity contribution in [3.8, 4) is 5.75 Å². The van der Waals surface area contributed by atoms with E-state index in [0.29, 0.717) is 33.7 Å². The molecule has 0 aliphatic carbocycles. The number of rotatable bonds is 10. The quantitative estimate of drug-likeness (QED) is 0.351. The van der Waals surface area contributed by atoms with Crippen LogP contribution in [0.1, 0.15) is 33.9 Å². The van der Waals surface area contributed by atoms with Gasteiger partial charge in [0.2, 0.25) is 10.0 Å². The van der Waals surface area contributed by atoms with Gasteiger partial charge in [0.25, 0.3) is 15.9 Å². The van der Waals surface area contributed by atoms with Crippen LogP contribution in [-0.2, 0) is 36.1 Å². The molecule has 1 amide bonds. The summed E-state index contributed by atoms with van der Waals surface area (Å²) < 4.78 is 60.5. The molecule has 1 atom stereocenters. The molecule has 1 heterocycles. The first-order chi connectivity index (χ1) is 19.6. The largest absolute Gasteiger partial charge is 0.497 e. The number of anilines is 2. The molecule has 224 valence electrons. The van der Waals surface area contributed by atoms with E-state index >= 15 is 0 Å². The fraction of sp³-hybridized carbons (Fsp3) is 0.310. The van der Waals surface area contributed by atoms with Crippen molar-refractivity contribution in [3.63, 3.8) is 0 Å². The molecule has 0 saturated carbocycles. The number of methoxy groups -OCH3 is 1. The highest BCUT2D eigenvalue weighted by molar-refractivity contribution is 7.93. The summed E-state index contributed by atoms with van der Waals surface area (Å²) in [6, 6.07) is 13.8. The number of aryl methyl sites for hydroxylation is 3. The number of sulfonamides is 2. The fourth-order valence-electron chi connectivity index (χ4n) is 5.57. The van der Waals surface area contributed by atoms with Crippen LogP contribution in [0.15, 0.2) is 59.5 Å². The molecule has 0 aromatic heterocycles. The lowest BCUT2D eigenvalue weighted by Crippen LogP contribution is -2.42. The van der Waals surface area contributed by atoms with Crippen LogP contribution in [-0.4, -0.2) is 60.3 Å². The van der Waals surface area contributed by atoms with Gasteiger partial charge < -0.3 is 14.7 Å². The maximum Gasteiger partial charge on any atom is 0.324 e. The summed E-state index contributed by atoms with van der Waals surface area (Å²) in [6.45, 7) is 4.60. The first-order valence-corrected chi connectivity index (χ1v) is 16.3. The number of benzene rings is 3. The van der Waals surface area contributed by atoms with Gasteiger partial charge in [0.05, 0.1) is 23.9 Å². The van der Waals surface area contributed by atoms with E-state index in [-0.39, 0.29) is 23.5 Å². The Morgan fingerprint density at radius 2 is 1.67 bits per heavy atom. The summed E-state index contributed by atoms with van der Waals surface area (Å²) in [5.41, 5.74) is 3.48. The van der Waals surface area contributed by atoms with Gasteiger partial charge in [-0.15, -0.1) is 0 Å². The molecule has 2 N–H and O–H groups in total. The lowest BCUT2D eigenvalue weighted by Gasteiger charge is -2.31. The first kappa shape index (κ1) is 30.8. The lowest BCUT2D eigenvalue weighted by molar-refractivity contribution is -0.135. The molecular weight excluding hydrogens is 582 g/mol. The Balaban J connectivity index is 1.88. The van der Waals surface area contributed by atoms with Gasteiger partial charge in [-0.25, -0.2) is 16.8 Å². The van der Waals surface area contributed by atoms with E-state index in [0.717, 1.165) is 16.1 Å². The van der Waals surface area contributed by atoms with Gasteiger partial charge in [0.1, 0.15) is 18.3 Å². The van der Waals surface area contributed by atoms with Crippen LogP contribution in [0.25, 0.3) is 0 Å². The van der Waals surface area contributed by atoms with Crippen molar-refractivity contribution in [1.82, 2.24) is 4.72 Å². The second-order valence-electron chi connectivity index (χ2n) is 10.3. The normalized spacial score (nSPS) is 13.8. The summed E-state index contributed by atoms with van der Waals surface area (Å²) in [5, 5.41) is 9.77. The van der Waals surface area contributed by atoms with Gasteiger partial charge in [-0.2, -0.15) is 0 Å². The predicted molar refractivity (Wildman–Crippen MR) is 159 cm³/mol. The number of hydrogen-bond acceptors (Lipinski definition) is 8. The second kappa shape index (κ2) is 11.6. The zero-order chi connectivity index (χ0) is 31.0. The number of carbonyl (C=O) groups excluding carboxylic acids is 1. The average Bonchev–Trinajstić information content (AvgIpc) is 3.29. The number of aliphatic carboxylic acids is 1. The lowest BCUT2D eigenvalue weighted by atomic mass is 10.0. The Hall–Kier alpha value is -4.10. The van der Waals surface area contributed by atoms with Crippen LogP contribution in [0.3, 0.4) is 0 Å². The van der Waals surface area contributed by atoms with Crippen LogP contribution in [0, 0.1) is 20.8 Å². The minimum Gasteiger partial charge on any atom is -0.497 e. The molecule has 0 radical (unpaired) electrons. The Kier molecular flexibility index (Phi) is 8.55. The monoisotopic (exact) mass is 615 g/mol. The van der Waals surface area contributed by atoms with E-state index in [9.17, 15) is 31.5 Å². The van der Waals surface area contributed by atoms with Crippen molar-refractivity contribution in [3.05, 3.63) is 82.4 Å². The van der Waals surface area contributed by atoms with Crippen LogP contribution in [0.4, 0.5) is 11.4 Å². The predicted octanol–water partition coefficient (Wildman–Crippen LogP) is 3.08. The number of nitrogens with zero attached hydrogens (tertiary/aromatic N) is 2. The Morgan fingerprint density at radius 3 is 2.26 bits per heavy atom. The molecule has 1 unspecified atom stereocenters. The Morgan fingerprint density at radius 1 is 1.02 bits per heavy atom. The number of amides is 1. The molecule has 3 aromatic rings. The van der Waals surface area contributed by atoms with Gasteiger partial charge in [-0.3, -0.25) is 18.6 Å². The van der Waals surface area contributed by atoms with Crippen molar-refractivity contribution in [1.29, 1.82) is 0 Å². The molecule has 1 aliphatic heterocycles. The summed E-state index contributed by atoms with van der Waals surface area (Å²) in [5.74, 6) is -1.68. The van der Waals surface area contributed by atoms with Gasteiger partial charge in [-0.05, 0) is 68.1 Å². The first-order valence-electron chi connectivity index (χ1n) is 13.0. The van der Waals surface area contributed by atoms with E-state index in [2.05, 4.69) is 4.72 Å². The minimum atomic E-state index is -4.33. The zero-order valence-electron chi connectivity index (χ0n) is 23.9. The summed E-state index contributed by atoms with van der Waals surface area (Å²) in [4.78, 5) is 27.1. The molecule has 13 heteroatoms. The van der Waals surface area contributed by atoms with Crippen molar-refractivity contribution in [2.45, 2.75) is 38.1 Å². The van der Waals surface area contributed by atoms with Gasteiger partial charge >= 0.3 is 5.97 Å². The number of carbonyl (C=O) groups is 2. The molecule has 42 heavy (non-hydrogen) atoms. The average molecular weight is 616 g/mol. The van der Waals surface area contributed by atoms with Crippen LogP contribution in [0.2, 0.25) is 0 Å². The number of ether oxygens (including phenoxy) is 1. The van der Waals surface area contributed by atoms with E-state index in [1.807, 2.05) is 6.92 Å². The summed E-state index contributed by atoms with van der Waals surface area (Å²) in [6.07, 6.45) is 1.16. The van der Waals surface area contributed by atoms with E-state index < -0.39 is 44.5 Å². The number of carboxylic acid groups (broad SMARTS) is 1. The molecule has 0 bridgehead atoms. The third-order valence-corrected chi connectivity index (χ3v) is 9.63. The highest BCUT2D eigenvalue weighted by atomic mass is 32.2. The highest BCUT2D eigenvalue weighted by Gasteiger charge is 2.38. The standard InChI is InChI=1S/C29H33N3O8S2/c1-18-14-19(2)28(20(3)15-18)42(38,39)32(17-26(33)34)25-11-7-10-24-23(25)12-13-31(24)27(29(35)30-41(5,36)37)21-8-6-9-22(16-21)40-4/h6-11,14-16,27H,12-13,17H2,1-5H3,(H,30,35)(H,33,34). The number of nitrogens with one attached hydrogen (secondary N) is 1. The molecule has 0 spiro atoms. The highest BCUT2D eigenvalue weighted by Crippen LogP contribution is 2.42. The third-order valence-electron chi connectivity index (χ3n) is 6.99. The maximum atomic E-state index is 14.1. The Labute approximate surface area is 245 Å². The molecule has 0 fully saturated rings. The molecule has 11 nitrogen and oxygen atoms in total. The summed E-state index contributed by atoms with van der Waals surface area (Å²) in [7, 11) is -6.77. The molecular formula is C29H33N3O8S2. The van der Waals surface area contributed by atoms with E-state index in [1.165, 1.54) is 7.11 Å². The van der Waals surface area contributed by atoms with Gasteiger partial charge in [0.15, 0.2) is 0 Å². The topological polar surface area (TPSA) is 150 Å². The molecule has 3 aromatic carbocycles. The van der Waals surface area contributed by atoms with Crippen molar-refractivity contribution in [2.24, 2.45) is 0 Å². The zero-order valence-corrected chi connectivity index (χ0v) is 25.5. The second-order valence-corrected chi connectivity index (χ2v) is 13.8. The smallest absolute Gasteiger partial charge is 0.324 e. The van der Waals surface area contributed by atoms with Crippen LogP contribution >= 0.6 is 0 Å². The van der Waals surface area contributed by atoms with Gasteiger partial charge in [-0.1, -0.05) is 35.9 Å². The number of hydrogen-bond donors (Lipinski definition) is 2. The molecule has 1 aliphatic rings. The number of carboxylic acids is 1.